The first-order valence-electron chi connectivity index (χ1n) is 7.76. The van der Waals surface area contributed by atoms with Crippen LogP contribution in [0.25, 0.3) is 0 Å². The first-order valence-corrected chi connectivity index (χ1v) is 7.76. The third kappa shape index (κ3) is 3.23. The van der Waals surface area contributed by atoms with Crippen LogP contribution < -0.4 is 10.6 Å². The third-order valence-electron chi connectivity index (χ3n) is 4.23. The summed E-state index contributed by atoms with van der Waals surface area (Å²) in [7, 11) is 1.89. The molecule has 2 aromatic rings. The number of nitrogens with one attached hydrogen (secondary N) is 2. The standard InChI is InChI=1S/C16H20FN5O2/c1-9-14(10(2)22(3)21-9)15-12(6-7-24-15)19-16(23)20-13-5-4-11(17)8-18-13/h4-5,8,12,15H,6-7H2,1-3H3,(H2,18,19,20,23)/t12-,15-/m0/s1. The number of amides is 2. The van der Waals surface area contributed by atoms with Gasteiger partial charge in [0.05, 0.1) is 17.9 Å². The van der Waals surface area contributed by atoms with Crippen LogP contribution >= 0.6 is 0 Å². The predicted octanol–water partition coefficient (Wildman–Crippen LogP) is 2.22. The van der Waals surface area contributed by atoms with Gasteiger partial charge in [0.15, 0.2) is 0 Å². The molecule has 7 nitrogen and oxygen atoms in total. The Hall–Kier alpha value is -2.48. The summed E-state index contributed by atoms with van der Waals surface area (Å²) < 4.78 is 20.5. The lowest BCUT2D eigenvalue weighted by atomic mass is 10.0. The van der Waals surface area contributed by atoms with Crippen molar-refractivity contribution >= 4 is 11.8 Å². The Morgan fingerprint density at radius 2 is 2.21 bits per heavy atom. The number of hydrogen-bond acceptors (Lipinski definition) is 4. The van der Waals surface area contributed by atoms with Crippen LogP contribution in [0.4, 0.5) is 15.0 Å². The summed E-state index contributed by atoms with van der Waals surface area (Å²) in [5.74, 6) is -0.161. The van der Waals surface area contributed by atoms with E-state index >= 15 is 0 Å². The summed E-state index contributed by atoms with van der Waals surface area (Å²) in [5, 5.41) is 9.91. The molecule has 24 heavy (non-hydrogen) atoms. The van der Waals surface area contributed by atoms with Gasteiger partial charge in [-0.2, -0.15) is 5.10 Å². The summed E-state index contributed by atoms with van der Waals surface area (Å²) in [6.45, 7) is 4.48. The van der Waals surface area contributed by atoms with Crippen LogP contribution in [0.1, 0.15) is 29.5 Å². The topological polar surface area (TPSA) is 81.1 Å². The van der Waals surface area contributed by atoms with Crippen molar-refractivity contribution < 1.29 is 13.9 Å². The number of nitrogens with zero attached hydrogens (tertiary/aromatic N) is 3. The highest BCUT2D eigenvalue weighted by atomic mass is 19.1. The fourth-order valence-electron chi connectivity index (χ4n) is 2.99. The number of hydrogen-bond donors (Lipinski definition) is 2. The van der Waals surface area contributed by atoms with E-state index in [0.717, 1.165) is 23.1 Å². The van der Waals surface area contributed by atoms with E-state index in [4.69, 9.17) is 4.74 Å². The molecular weight excluding hydrogens is 313 g/mol. The van der Waals surface area contributed by atoms with Crippen LogP contribution in [0, 0.1) is 19.7 Å². The van der Waals surface area contributed by atoms with E-state index in [9.17, 15) is 9.18 Å². The van der Waals surface area contributed by atoms with Crippen LogP contribution in [-0.4, -0.2) is 33.4 Å². The first kappa shape index (κ1) is 16.4. The molecule has 2 amide bonds. The van der Waals surface area contributed by atoms with Crippen LogP contribution in [-0.2, 0) is 11.8 Å². The highest BCUT2D eigenvalue weighted by Gasteiger charge is 2.34. The van der Waals surface area contributed by atoms with Gasteiger partial charge in [-0.05, 0) is 32.4 Å². The first-order chi connectivity index (χ1) is 11.5. The highest BCUT2D eigenvalue weighted by Crippen LogP contribution is 2.33. The number of halogens is 1. The molecule has 2 aromatic heterocycles. The van der Waals surface area contributed by atoms with Crippen LogP contribution in [0.5, 0.6) is 0 Å². The summed E-state index contributed by atoms with van der Waals surface area (Å²) in [6, 6.07) is 2.10. The van der Waals surface area contributed by atoms with Gasteiger partial charge in [-0.15, -0.1) is 0 Å². The average molecular weight is 333 g/mol. The minimum Gasteiger partial charge on any atom is -0.371 e. The van der Waals surface area contributed by atoms with Crippen molar-refractivity contribution in [2.75, 3.05) is 11.9 Å². The molecule has 0 saturated carbocycles. The molecule has 1 fully saturated rings. The number of rotatable bonds is 3. The van der Waals surface area contributed by atoms with Gasteiger partial charge in [0.25, 0.3) is 0 Å². The summed E-state index contributed by atoms with van der Waals surface area (Å²) in [6.07, 6.45) is 1.54. The molecule has 0 aliphatic carbocycles. The van der Waals surface area contributed by atoms with Crippen molar-refractivity contribution in [3.8, 4) is 0 Å². The molecule has 2 N–H and O–H groups in total. The average Bonchev–Trinajstić information content (AvgIpc) is 3.06. The smallest absolute Gasteiger partial charge is 0.320 e. The molecule has 128 valence electrons. The van der Waals surface area contributed by atoms with Crippen LogP contribution in [0.2, 0.25) is 0 Å². The van der Waals surface area contributed by atoms with Crippen molar-refractivity contribution in [2.24, 2.45) is 7.05 Å². The van der Waals surface area contributed by atoms with Gasteiger partial charge in [-0.1, -0.05) is 0 Å². The minimum atomic E-state index is -0.451. The van der Waals surface area contributed by atoms with Crippen molar-refractivity contribution in [1.29, 1.82) is 0 Å². The molecule has 1 aliphatic heterocycles. The monoisotopic (exact) mass is 333 g/mol. The van der Waals surface area contributed by atoms with E-state index in [1.54, 1.807) is 0 Å². The minimum absolute atomic E-state index is 0.160. The molecule has 1 saturated heterocycles. The Bertz CT molecular complexity index is 744. The van der Waals surface area contributed by atoms with Gasteiger partial charge in [0.1, 0.15) is 17.7 Å². The van der Waals surface area contributed by atoms with E-state index in [1.807, 2.05) is 25.6 Å². The molecular formula is C16H20FN5O2. The van der Waals surface area contributed by atoms with Gasteiger partial charge in [0.2, 0.25) is 0 Å². The maximum absolute atomic E-state index is 12.9. The Morgan fingerprint density at radius 3 is 2.83 bits per heavy atom. The lowest BCUT2D eigenvalue weighted by Crippen LogP contribution is -2.40. The maximum atomic E-state index is 12.9. The fraction of sp³-hybridized carbons (Fsp3) is 0.438. The quantitative estimate of drug-likeness (QED) is 0.902. The second-order valence-electron chi connectivity index (χ2n) is 5.85. The van der Waals surface area contributed by atoms with Gasteiger partial charge in [-0.3, -0.25) is 10.00 Å². The zero-order valence-electron chi connectivity index (χ0n) is 13.8. The van der Waals surface area contributed by atoms with Crippen molar-refractivity contribution in [3.63, 3.8) is 0 Å². The SMILES string of the molecule is Cc1nn(C)c(C)c1[C@H]1OCC[C@@H]1NC(=O)Nc1ccc(F)cn1. The normalized spacial score (nSPS) is 20.2. The molecule has 0 bridgehead atoms. The Kier molecular flexibility index (Phi) is 4.48. The molecule has 0 unspecified atom stereocenters. The Morgan fingerprint density at radius 1 is 1.42 bits per heavy atom. The van der Waals surface area contributed by atoms with E-state index < -0.39 is 11.8 Å². The van der Waals surface area contributed by atoms with Gasteiger partial charge >= 0.3 is 6.03 Å². The second-order valence-corrected chi connectivity index (χ2v) is 5.85. The van der Waals surface area contributed by atoms with E-state index in [2.05, 4.69) is 20.7 Å². The van der Waals surface area contributed by atoms with Crippen molar-refractivity contribution in [3.05, 3.63) is 41.1 Å². The van der Waals surface area contributed by atoms with Gasteiger partial charge < -0.3 is 10.1 Å². The zero-order valence-corrected chi connectivity index (χ0v) is 13.8. The molecule has 0 spiro atoms. The summed E-state index contributed by atoms with van der Waals surface area (Å²) >= 11 is 0. The van der Waals surface area contributed by atoms with E-state index in [-0.39, 0.29) is 18.0 Å². The third-order valence-corrected chi connectivity index (χ3v) is 4.23. The second kappa shape index (κ2) is 6.56. The largest absolute Gasteiger partial charge is 0.371 e. The fourth-order valence-corrected chi connectivity index (χ4v) is 2.99. The number of aromatic nitrogens is 3. The maximum Gasteiger partial charge on any atom is 0.320 e. The zero-order chi connectivity index (χ0) is 17.3. The van der Waals surface area contributed by atoms with Gasteiger partial charge in [0, 0.05) is 24.9 Å². The predicted molar refractivity (Wildman–Crippen MR) is 86.1 cm³/mol. The number of anilines is 1. The van der Waals surface area contributed by atoms with Crippen LogP contribution in [0.3, 0.4) is 0 Å². The highest BCUT2D eigenvalue weighted by molar-refractivity contribution is 5.88. The lowest BCUT2D eigenvalue weighted by molar-refractivity contribution is 0.0993. The number of urea groups is 1. The van der Waals surface area contributed by atoms with Gasteiger partial charge in [-0.25, -0.2) is 14.2 Å². The molecule has 3 rings (SSSR count). The molecule has 8 heteroatoms. The molecule has 1 aliphatic rings. The van der Waals surface area contributed by atoms with Crippen LogP contribution in [0.15, 0.2) is 18.3 Å². The van der Waals surface area contributed by atoms with Crippen molar-refractivity contribution in [2.45, 2.75) is 32.4 Å². The number of aryl methyl sites for hydroxylation is 2. The van der Waals surface area contributed by atoms with E-state index in [0.29, 0.717) is 13.0 Å². The number of ether oxygens (including phenoxy) is 1. The Balaban J connectivity index is 1.69. The number of pyridine rings is 1. The lowest BCUT2D eigenvalue weighted by Gasteiger charge is -2.20. The summed E-state index contributed by atoms with van der Waals surface area (Å²) in [5.41, 5.74) is 2.93. The molecule has 0 aromatic carbocycles. The van der Waals surface area contributed by atoms with Crippen molar-refractivity contribution in [1.82, 2.24) is 20.1 Å². The van der Waals surface area contributed by atoms with E-state index in [1.165, 1.54) is 12.1 Å². The molecule has 3 heterocycles. The number of carbonyl (C=O) groups excluding carboxylic acids is 1. The molecule has 2 atom stereocenters. The Labute approximate surface area is 139 Å². The molecule has 0 radical (unpaired) electrons. The summed E-state index contributed by atoms with van der Waals surface area (Å²) in [4.78, 5) is 16.0. The number of carbonyl (C=O) groups is 1.